The number of nitrogens with two attached hydrogens (primary N) is 1. The van der Waals surface area contributed by atoms with Crippen LogP contribution < -0.4 is 5.73 Å². The number of furan rings is 1. The van der Waals surface area contributed by atoms with E-state index in [0.29, 0.717) is 0 Å². The van der Waals surface area contributed by atoms with Gasteiger partial charge in [0.15, 0.2) is 0 Å². The predicted molar refractivity (Wildman–Crippen MR) is 80.5 cm³/mol. The number of aryl methyl sites for hydroxylation is 1. The van der Waals surface area contributed by atoms with E-state index in [1.807, 2.05) is 6.07 Å². The van der Waals surface area contributed by atoms with Gasteiger partial charge in [-0.3, -0.25) is 4.98 Å². The Hall–Kier alpha value is -2.29. The SMILES string of the molecule is Nc1c2c(nc3cc(-c4ccoc4)ccc13)CCCC2. The smallest absolute Gasteiger partial charge is 0.0980 e. The summed E-state index contributed by atoms with van der Waals surface area (Å²) in [6.07, 6.45) is 7.99. The maximum atomic E-state index is 6.35. The molecule has 3 nitrogen and oxygen atoms in total. The molecular weight excluding hydrogens is 248 g/mol. The van der Waals surface area contributed by atoms with Crippen molar-refractivity contribution in [2.45, 2.75) is 25.7 Å². The zero-order valence-electron chi connectivity index (χ0n) is 11.2. The molecule has 0 radical (unpaired) electrons. The van der Waals surface area contributed by atoms with Gasteiger partial charge < -0.3 is 10.2 Å². The number of aromatic nitrogens is 1. The molecule has 0 spiro atoms. The Morgan fingerprint density at radius 1 is 1.05 bits per heavy atom. The molecule has 100 valence electrons. The van der Waals surface area contributed by atoms with Crippen molar-refractivity contribution in [3.8, 4) is 11.1 Å². The van der Waals surface area contributed by atoms with Crippen LogP contribution in [0.2, 0.25) is 0 Å². The first kappa shape index (κ1) is 11.5. The first-order valence-electron chi connectivity index (χ1n) is 7.06. The minimum atomic E-state index is 0.920. The molecular formula is C17H16N2O. The molecule has 0 bridgehead atoms. The van der Waals surface area contributed by atoms with Gasteiger partial charge in [0.25, 0.3) is 0 Å². The Balaban J connectivity index is 1.95. The lowest BCUT2D eigenvalue weighted by Crippen LogP contribution is -2.09. The van der Waals surface area contributed by atoms with Gasteiger partial charge in [-0.1, -0.05) is 12.1 Å². The molecule has 20 heavy (non-hydrogen) atoms. The minimum absolute atomic E-state index is 0.920. The lowest BCUT2D eigenvalue weighted by Gasteiger charge is -2.18. The van der Waals surface area contributed by atoms with Gasteiger partial charge >= 0.3 is 0 Å². The van der Waals surface area contributed by atoms with Gasteiger partial charge in [0.2, 0.25) is 0 Å². The van der Waals surface area contributed by atoms with E-state index in [2.05, 4.69) is 18.2 Å². The fourth-order valence-corrected chi connectivity index (χ4v) is 3.07. The number of anilines is 1. The molecule has 2 aromatic heterocycles. The number of fused-ring (bicyclic) bond motifs is 2. The molecule has 2 heterocycles. The van der Waals surface area contributed by atoms with Crippen LogP contribution >= 0.6 is 0 Å². The molecule has 0 amide bonds. The molecule has 3 aromatic rings. The zero-order valence-corrected chi connectivity index (χ0v) is 11.2. The maximum Gasteiger partial charge on any atom is 0.0980 e. The second-order valence-corrected chi connectivity index (χ2v) is 5.40. The van der Waals surface area contributed by atoms with Crippen LogP contribution in [-0.4, -0.2) is 4.98 Å². The lowest BCUT2D eigenvalue weighted by atomic mass is 9.92. The third-order valence-corrected chi connectivity index (χ3v) is 4.16. The van der Waals surface area contributed by atoms with Crippen molar-refractivity contribution < 1.29 is 4.42 Å². The molecule has 0 unspecified atom stereocenters. The summed E-state index contributed by atoms with van der Waals surface area (Å²) in [6.45, 7) is 0. The summed E-state index contributed by atoms with van der Waals surface area (Å²) in [7, 11) is 0. The lowest BCUT2D eigenvalue weighted by molar-refractivity contribution is 0.568. The van der Waals surface area contributed by atoms with E-state index in [1.165, 1.54) is 24.1 Å². The van der Waals surface area contributed by atoms with Crippen molar-refractivity contribution in [2.75, 3.05) is 5.73 Å². The zero-order chi connectivity index (χ0) is 13.5. The number of rotatable bonds is 1. The summed E-state index contributed by atoms with van der Waals surface area (Å²) in [6, 6.07) is 8.23. The molecule has 1 aliphatic carbocycles. The Morgan fingerprint density at radius 2 is 1.95 bits per heavy atom. The Bertz CT molecular complexity index is 775. The summed E-state index contributed by atoms with van der Waals surface area (Å²) in [5.74, 6) is 0. The highest BCUT2D eigenvalue weighted by atomic mass is 16.3. The highest BCUT2D eigenvalue weighted by molar-refractivity contribution is 5.94. The van der Waals surface area contributed by atoms with Crippen molar-refractivity contribution in [3.05, 3.63) is 48.0 Å². The number of nitrogens with zero attached hydrogens (tertiary/aromatic N) is 1. The molecule has 3 heteroatoms. The summed E-state index contributed by atoms with van der Waals surface area (Å²) in [5.41, 5.74) is 12.9. The Kier molecular flexibility index (Phi) is 2.52. The van der Waals surface area contributed by atoms with Gasteiger partial charge in [-0.05, 0) is 48.9 Å². The average molecular weight is 264 g/mol. The molecule has 4 rings (SSSR count). The molecule has 1 aromatic carbocycles. The Morgan fingerprint density at radius 3 is 2.80 bits per heavy atom. The molecule has 0 atom stereocenters. The molecule has 0 saturated carbocycles. The average Bonchev–Trinajstić information content (AvgIpc) is 3.01. The van der Waals surface area contributed by atoms with Crippen molar-refractivity contribution in [1.82, 2.24) is 4.98 Å². The van der Waals surface area contributed by atoms with Crippen LogP contribution in [0.4, 0.5) is 5.69 Å². The van der Waals surface area contributed by atoms with E-state index in [1.54, 1.807) is 12.5 Å². The van der Waals surface area contributed by atoms with E-state index >= 15 is 0 Å². The van der Waals surface area contributed by atoms with Crippen molar-refractivity contribution in [3.63, 3.8) is 0 Å². The third kappa shape index (κ3) is 1.70. The standard InChI is InChI=1S/C17H16N2O/c18-17-13-3-1-2-4-15(13)19-16-9-11(5-6-14(16)17)12-7-8-20-10-12/h5-10H,1-4H2,(H2,18,19). The van der Waals surface area contributed by atoms with E-state index < -0.39 is 0 Å². The monoisotopic (exact) mass is 264 g/mol. The summed E-state index contributed by atoms with van der Waals surface area (Å²) in [5, 5.41) is 1.07. The quantitative estimate of drug-likeness (QED) is 0.724. The molecule has 0 aliphatic heterocycles. The normalized spacial score (nSPS) is 14.4. The number of hydrogen-bond acceptors (Lipinski definition) is 3. The van der Waals surface area contributed by atoms with Crippen LogP contribution in [0.15, 0.2) is 41.2 Å². The molecule has 0 saturated heterocycles. The highest BCUT2D eigenvalue weighted by Gasteiger charge is 2.16. The second kappa shape index (κ2) is 4.37. The predicted octanol–water partition coefficient (Wildman–Crippen LogP) is 3.96. The van der Waals surface area contributed by atoms with Crippen LogP contribution in [0.25, 0.3) is 22.0 Å². The van der Waals surface area contributed by atoms with Crippen molar-refractivity contribution in [1.29, 1.82) is 0 Å². The summed E-state index contributed by atoms with van der Waals surface area (Å²) < 4.78 is 5.15. The van der Waals surface area contributed by atoms with Gasteiger partial charge in [-0.25, -0.2) is 0 Å². The van der Waals surface area contributed by atoms with Gasteiger partial charge in [0.05, 0.1) is 18.0 Å². The van der Waals surface area contributed by atoms with E-state index in [4.69, 9.17) is 15.1 Å². The van der Waals surface area contributed by atoms with Crippen molar-refractivity contribution in [2.24, 2.45) is 0 Å². The second-order valence-electron chi connectivity index (χ2n) is 5.40. The van der Waals surface area contributed by atoms with Crippen molar-refractivity contribution >= 4 is 16.6 Å². The number of pyridine rings is 1. The van der Waals surface area contributed by atoms with E-state index in [9.17, 15) is 0 Å². The van der Waals surface area contributed by atoms with Gasteiger partial charge in [0.1, 0.15) is 0 Å². The fourth-order valence-electron chi connectivity index (χ4n) is 3.07. The van der Waals surface area contributed by atoms with E-state index in [0.717, 1.165) is 40.6 Å². The first-order valence-corrected chi connectivity index (χ1v) is 7.06. The minimum Gasteiger partial charge on any atom is -0.472 e. The van der Waals surface area contributed by atoms with E-state index in [-0.39, 0.29) is 0 Å². The fraction of sp³-hybridized carbons (Fsp3) is 0.235. The molecule has 2 N–H and O–H groups in total. The third-order valence-electron chi connectivity index (χ3n) is 4.16. The van der Waals surface area contributed by atoms with Gasteiger partial charge in [-0.2, -0.15) is 0 Å². The van der Waals surface area contributed by atoms with Crippen LogP contribution in [0.3, 0.4) is 0 Å². The maximum absolute atomic E-state index is 6.35. The van der Waals surface area contributed by atoms with Crippen LogP contribution in [0.1, 0.15) is 24.1 Å². The van der Waals surface area contributed by atoms with Crippen LogP contribution in [-0.2, 0) is 12.8 Å². The van der Waals surface area contributed by atoms with Gasteiger partial charge in [-0.15, -0.1) is 0 Å². The largest absolute Gasteiger partial charge is 0.472 e. The number of hydrogen-bond donors (Lipinski definition) is 1. The van der Waals surface area contributed by atoms with Crippen LogP contribution in [0.5, 0.6) is 0 Å². The van der Waals surface area contributed by atoms with Gasteiger partial charge in [0, 0.05) is 22.3 Å². The highest BCUT2D eigenvalue weighted by Crippen LogP contribution is 2.33. The Labute approximate surface area is 117 Å². The summed E-state index contributed by atoms with van der Waals surface area (Å²) in [4.78, 5) is 4.84. The summed E-state index contributed by atoms with van der Waals surface area (Å²) >= 11 is 0. The first-order chi connectivity index (χ1) is 9.83. The molecule has 0 fully saturated rings. The van der Waals surface area contributed by atoms with Crippen LogP contribution in [0, 0.1) is 0 Å². The molecule has 1 aliphatic rings. The topological polar surface area (TPSA) is 52.0 Å². The number of nitrogen functional groups attached to an aromatic ring is 1. The number of benzene rings is 1.